The van der Waals surface area contributed by atoms with Crippen molar-refractivity contribution in [1.29, 1.82) is 0 Å². The number of amides is 1. The van der Waals surface area contributed by atoms with Gasteiger partial charge in [-0.1, -0.05) is 15.9 Å². The number of carbonyl (C=O) groups is 2. The summed E-state index contributed by atoms with van der Waals surface area (Å²) >= 11 is 3.36. The van der Waals surface area contributed by atoms with E-state index in [1.807, 2.05) is 12.1 Å². The van der Waals surface area contributed by atoms with E-state index in [1.54, 1.807) is 19.3 Å². The molecule has 2 unspecified atom stereocenters. The van der Waals surface area contributed by atoms with Gasteiger partial charge in [0, 0.05) is 34.7 Å². The van der Waals surface area contributed by atoms with Gasteiger partial charge >= 0.3 is 5.97 Å². The molecule has 1 aromatic carbocycles. The molecule has 1 aliphatic rings. The molecular formula is C17H19BrN2O5S. The minimum Gasteiger partial charge on any atom is -0.449 e. The van der Waals surface area contributed by atoms with Gasteiger partial charge in [0.25, 0.3) is 5.91 Å². The minimum atomic E-state index is -3.10. The fourth-order valence-electron chi connectivity index (χ4n) is 3.08. The molecule has 2 aromatic rings. The topological polar surface area (TPSA) is 96.5 Å². The third-order valence-electron chi connectivity index (χ3n) is 4.60. The Morgan fingerprint density at radius 1 is 1.38 bits per heavy atom. The Kier molecular flexibility index (Phi) is 5.12. The quantitative estimate of drug-likeness (QED) is 0.731. The zero-order chi connectivity index (χ0) is 19.1. The van der Waals surface area contributed by atoms with Crippen LogP contribution in [0.4, 0.5) is 0 Å². The molecule has 26 heavy (non-hydrogen) atoms. The van der Waals surface area contributed by atoms with Crippen LogP contribution >= 0.6 is 15.9 Å². The van der Waals surface area contributed by atoms with E-state index in [-0.39, 0.29) is 17.5 Å². The molecule has 3 rings (SSSR count). The molecule has 1 saturated heterocycles. The number of aromatic nitrogens is 1. The van der Waals surface area contributed by atoms with Crippen molar-refractivity contribution in [3.63, 3.8) is 0 Å². The summed E-state index contributed by atoms with van der Waals surface area (Å²) in [6.07, 6.45) is 0.943. The second-order valence-corrected chi connectivity index (χ2v) is 9.59. The normalized spacial score (nSPS) is 20.0. The van der Waals surface area contributed by atoms with Gasteiger partial charge in [-0.2, -0.15) is 0 Å². The van der Waals surface area contributed by atoms with Crippen molar-refractivity contribution >= 4 is 48.5 Å². The molecule has 2 atom stereocenters. The first-order valence-electron chi connectivity index (χ1n) is 8.12. The van der Waals surface area contributed by atoms with Gasteiger partial charge in [0.05, 0.1) is 17.1 Å². The lowest BCUT2D eigenvalue weighted by Crippen LogP contribution is -2.44. The first-order chi connectivity index (χ1) is 12.2. The fourth-order valence-corrected chi connectivity index (χ4v) is 5.22. The number of nitrogens with one attached hydrogen (secondary N) is 1. The van der Waals surface area contributed by atoms with Crippen LogP contribution in [0.5, 0.6) is 0 Å². The Hall–Kier alpha value is -1.87. The zero-order valence-corrected chi connectivity index (χ0v) is 16.8. The van der Waals surface area contributed by atoms with E-state index in [2.05, 4.69) is 20.9 Å². The van der Waals surface area contributed by atoms with Crippen molar-refractivity contribution in [2.45, 2.75) is 25.5 Å². The van der Waals surface area contributed by atoms with E-state index in [1.165, 1.54) is 11.8 Å². The third-order valence-corrected chi connectivity index (χ3v) is 6.84. The van der Waals surface area contributed by atoms with Crippen molar-refractivity contribution in [2.24, 2.45) is 0 Å². The van der Waals surface area contributed by atoms with E-state index >= 15 is 0 Å². The van der Waals surface area contributed by atoms with Gasteiger partial charge < -0.3 is 14.6 Å². The summed E-state index contributed by atoms with van der Waals surface area (Å²) in [6.45, 7) is 1.49. The summed E-state index contributed by atoms with van der Waals surface area (Å²) in [5.74, 6) is -0.996. The van der Waals surface area contributed by atoms with Crippen LogP contribution in [0.1, 0.15) is 23.7 Å². The van der Waals surface area contributed by atoms with Crippen molar-refractivity contribution in [2.75, 3.05) is 18.6 Å². The van der Waals surface area contributed by atoms with Gasteiger partial charge in [0.15, 0.2) is 15.9 Å². The first-order valence-corrected chi connectivity index (χ1v) is 10.7. The maximum absolute atomic E-state index is 12.5. The minimum absolute atomic E-state index is 0.0492. The molecule has 1 aliphatic heterocycles. The Morgan fingerprint density at radius 3 is 2.77 bits per heavy atom. The van der Waals surface area contributed by atoms with E-state index in [4.69, 9.17) is 4.74 Å². The number of ether oxygens (including phenoxy) is 1. The number of H-pyrrole nitrogens is 1. The van der Waals surface area contributed by atoms with Gasteiger partial charge in [-0.25, -0.2) is 13.2 Å². The van der Waals surface area contributed by atoms with Crippen molar-refractivity contribution in [1.82, 2.24) is 9.88 Å². The summed E-state index contributed by atoms with van der Waals surface area (Å²) < 4.78 is 29.3. The molecule has 9 heteroatoms. The molecule has 0 bridgehead atoms. The lowest BCUT2D eigenvalue weighted by molar-refractivity contribution is -0.140. The van der Waals surface area contributed by atoms with Gasteiger partial charge in [0.2, 0.25) is 0 Å². The molecular weight excluding hydrogens is 424 g/mol. The number of carbonyl (C=O) groups excluding carboxylic acids is 2. The fraction of sp³-hybridized carbons (Fsp3) is 0.412. The molecule has 2 heterocycles. The Balaban J connectivity index is 1.70. The molecule has 1 fully saturated rings. The van der Waals surface area contributed by atoms with E-state index in [0.717, 1.165) is 9.99 Å². The van der Waals surface area contributed by atoms with Crippen molar-refractivity contribution < 1.29 is 22.7 Å². The van der Waals surface area contributed by atoms with Crippen LogP contribution in [0.3, 0.4) is 0 Å². The molecule has 0 radical (unpaired) electrons. The first kappa shape index (κ1) is 18.9. The maximum atomic E-state index is 12.5. The second-order valence-electron chi connectivity index (χ2n) is 6.45. The second kappa shape index (κ2) is 7.03. The summed E-state index contributed by atoms with van der Waals surface area (Å²) in [5.41, 5.74) is 1.12. The van der Waals surface area contributed by atoms with Crippen molar-refractivity contribution in [3.05, 3.63) is 34.4 Å². The van der Waals surface area contributed by atoms with Crippen LogP contribution in [0.25, 0.3) is 10.9 Å². The average Bonchev–Trinajstić information content (AvgIpc) is 3.15. The number of nitrogens with zero attached hydrogens (tertiary/aromatic N) is 1. The number of hydrogen-bond acceptors (Lipinski definition) is 5. The molecule has 1 aromatic heterocycles. The number of esters is 1. The van der Waals surface area contributed by atoms with Gasteiger partial charge in [-0.3, -0.25) is 4.79 Å². The molecule has 0 saturated carbocycles. The van der Waals surface area contributed by atoms with Crippen LogP contribution < -0.4 is 0 Å². The predicted molar refractivity (Wildman–Crippen MR) is 101 cm³/mol. The molecule has 7 nitrogen and oxygen atoms in total. The van der Waals surface area contributed by atoms with Crippen LogP contribution in [0.2, 0.25) is 0 Å². The SMILES string of the molecule is CC(OC(=O)c1c[nH]c2ccc(Br)cc12)C(=O)N(C)C1CCS(=O)(=O)C1. The number of rotatable bonds is 4. The van der Waals surface area contributed by atoms with Gasteiger partial charge in [0.1, 0.15) is 0 Å². The highest BCUT2D eigenvalue weighted by Gasteiger charge is 2.35. The Labute approximate surface area is 159 Å². The number of likely N-dealkylation sites (N-methyl/N-ethyl adjacent to an activating group) is 1. The standard InChI is InChI=1S/C17H19BrN2O5S/c1-10(16(21)20(2)12-5-6-26(23,24)9-12)25-17(22)14-8-19-15-4-3-11(18)7-13(14)15/h3-4,7-8,10,12,19H,5-6,9H2,1-2H3. The highest BCUT2D eigenvalue weighted by Crippen LogP contribution is 2.24. The molecule has 1 amide bonds. The number of halogens is 1. The number of hydrogen-bond donors (Lipinski definition) is 1. The number of benzene rings is 1. The van der Waals surface area contributed by atoms with Crippen LogP contribution in [0.15, 0.2) is 28.9 Å². The van der Waals surface area contributed by atoms with Crippen LogP contribution in [-0.4, -0.2) is 60.9 Å². The third kappa shape index (κ3) is 3.78. The highest BCUT2D eigenvalue weighted by molar-refractivity contribution is 9.10. The lowest BCUT2D eigenvalue weighted by atomic mass is 10.2. The molecule has 1 N–H and O–H groups in total. The van der Waals surface area contributed by atoms with Crippen molar-refractivity contribution in [3.8, 4) is 0 Å². The van der Waals surface area contributed by atoms with Gasteiger partial charge in [-0.15, -0.1) is 0 Å². The number of aromatic amines is 1. The summed E-state index contributed by atoms with van der Waals surface area (Å²) in [7, 11) is -1.55. The summed E-state index contributed by atoms with van der Waals surface area (Å²) in [6, 6.07) is 5.10. The largest absolute Gasteiger partial charge is 0.449 e. The molecule has 0 spiro atoms. The zero-order valence-electron chi connectivity index (χ0n) is 14.4. The number of fused-ring (bicyclic) bond motifs is 1. The highest BCUT2D eigenvalue weighted by atomic mass is 79.9. The smallest absolute Gasteiger partial charge is 0.341 e. The van der Waals surface area contributed by atoms with E-state index in [0.29, 0.717) is 17.4 Å². The maximum Gasteiger partial charge on any atom is 0.341 e. The monoisotopic (exact) mass is 442 g/mol. The lowest BCUT2D eigenvalue weighted by Gasteiger charge is -2.26. The van der Waals surface area contributed by atoms with Gasteiger partial charge in [-0.05, 0) is 31.5 Å². The molecule has 140 valence electrons. The van der Waals surface area contributed by atoms with E-state index < -0.39 is 27.8 Å². The molecule has 0 aliphatic carbocycles. The van der Waals surface area contributed by atoms with Crippen LogP contribution in [0, 0.1) is 0 Å². The average molecular weight is 443 g/mol. The summed E-state index contributed by atoms with van der Waals surface area (Å²) in [5, 5.41) is 0.694. The van der Waals surface area contributed by atoms with Crippen LogP contribution in [-0.2, 0) is 19.4 Å². The summed E-state index contributed by atoms with van der Waals surface area (Å²) in [4.78, 5) is 29.3. The Morgan fingerprint density at radius 2 is 2.12 bits per heavy atom. The predicted octanol–water partition coefficient (Wildman–Crippen LogP) is 2.12. The van der Waals surface area contributed by atoms with E-state index in [9.17, 15) is 18.0 Å². The number of sulfone groups is 1. The Bertz CT molecular complexity index is 969.